The van der Waals surface area contributed by atoms with Crippen LogP contribution in [0.15, 0.2) is 170 Å². The summed E-state index contributed by atoms with van der Waals surface area (Å²) in [6.45, 7) is 0. The van der Waals surface area contributed by atoms with Crippen molar-refractivity contribution in [2.45, 2.75) is 0 Å². The Morgan fingerprint density at radius 2 is 0.809 bits per heavy atom. The van der Waals surface area contributed by atoms with E-state index in [1.807, 2.05) is 11.3 Å². The largest absolute Gasteiger partial charge is 0.135 e. The van der Waals surface area contributed by atoms with E-state index in [2.05, 4.69) is 170 Å². The average molecular weight is 613 g/mol. The molecule has 47 heavy (non-hydrogen) atoms. The van der Waals surface area contributed by atoms with Crippen LogP contribution in [0.25, 0.3) is 96.6 Å². The lowest BCUT2D eigenvalue weighted by molar-refractivity contribution is 1.64. The molecule has 0 saturated heterocycles. The molecule has 1 heterocycles. The van der Waals surface area contributed by atoms with Crippen molar-refractivity contribution in [3.05, 3.63) is 170 Å². The zero-order valence-electron chi connectivity index (χ0n) is 25.6. The Bertz CT molecular complexity index is 2780. The van der Waals surface area contributed by atoms with Crippen molar-refractivity contribution in [1.29, 1.82) is 0 Å². The number of thiophene rings is 1. The lowest BCUT2D eigenvalue weighted by Crippen LogP contribution is -1.92. The van der Waals surface area contributed by atoms with E-state index < -0.39 is 0 Å². The first-order valence-electron chi connectivity index (χ1n) is 16.2. The monoisotopic (exact) mass is 612 g/mol. The molecule has 10 aromatic rings. The van der Waals surface area contributed by atoms with Crippen LogP contribution in [0.3, 0.4) is 0 Å². The van der Waals surface area contributed by atoms with E-state index in [4.69, 9.17) is 0 Å². The molecular weight excluding hydrogens is 585 g/mol. The Hall–Kier alpha value is -5.76. The maximum atomic E-state index is 2.39. The summed E-state index contributed by atoms with van der Waals surface area (Å²) < 4.78 is 2.68. The fourth-order valence-corrected chi connectivity index (χ4v) is 8.94. The van der Waals surface area contributed by atoms with Crippen molar-refractivity contribution >= 4 is 74.6 Å². The molecule has 0 aliphatic carbocycles. The second-order valence-electron chi connectivity index (χ2n) is 12.4. The highest BCUT2D eigenvalue weighted by Crippen LogP contribution is 2.50. The Labute approximate surface area is 276 Å². The highest BCUT2D eigenvalue weighted by atomic mass is 32.1. The molecule has 218 valence electrons. The molecule has 0 amide bonds. The van der Waals surface area contributed by atoms with Gasteiger partial charge >= 0.3 is 0 Å². The molecule has 0 bridgehead atoms. The summed E-state index contributed by atoms with van der Waals surface area (Å²) >= 11 is 1.92. The molecule has 0 unspecified atom stereocenters. The Balaban J connectivity index is 1.29. The van der Waals surface area contributed by atoms with E-state index in [1.54, 1.807) is 0 Å². The van der Waals surface area contributed by atoms with Crippen molar-refractivity contribution < 1.29 is 0 Å². The third-order valence-corrected chi connectivity index (χ3v) is 11.0. The lowest BCUT2D eigenvalue weighted by atomic mass is 9.84. The van der Waals surface area contributed by atoms with Gasteiger partial charge in [-0.25, -0.2) is 0 Å². The van der Waals surface area contributed by atoms with Crippen molar-refractivity contribution in [3.8, 4) is 33.4 Å². The standard InChI is InChI=1S/C46H28S/c1-2-12-29(13-3-1)30-22-23-32-27-34(25-24-31(32)26-30)43-37-17-6-8-19-39(37)44(40-20-9-7-18-38(40)43)45-35-15-5-4-14-33(35)28-41-36-16-10-11-21-42(36)47-46(41)45/h1-28H. The third-order valence-electron chi connectivity index (χ3n) is 9.81. The molecule has 0 saturated carbocycles. The number of benzene rings is 9. The molecule has 0 nitrogen and oxygen atoms in total. The van der Waals surface area contributed by atoms with Gasteiger partial charge in [0.05, 0.1) is 0 Å². The molecule has 0 N–H and O–H groups in total. The van der Waals surface area contributed by atoms with Gasteiger partial charge in [-0.15, -0.1) is 11.3 Å². The van der Waals surface area contributed by atoms with Crippen LogP contribution >= 0.6 is 11.3 Å². The van der Waals surface area contributed by atoms with Gasteiger partial charge < -0.3 is 0 Å². The van der Waals surface area contributed by atoms with E-state index in [-0.39, 0.29) is 0 Å². The van der Waals surface area contributed by atoms with Gasteiger partial charge in [0.15, 0.2) is 0 Å². The highest BCUT2D eigenvalue weighted by Gasteiger charge is 2.21. The quantitative estimate of drug-likeness (QED) is 0.174. The van der Waals surface area contributed by atoms with E-state index in [0.29, 0.717) is 0 Å². The third kappa shape index (κ3) is 4.07. The maximum Gasteiger partial charge on any atom is 0.0440 e. The van der Waals surface area contributed by atoms with Crippen molar-refractivity contribution in [3.63, 3.8) is 0 Å². The van der Waals surface area contributed by atoms with Gasteiger partial charge in [-0.1, -0.05) is 146 Å². The summed E-state index contributed by atoms with van der Waals surface area (Å²) in [6.07, 6.45) is 0. The van der Waals surface area contributed by atoms with Crippen LogP contribution in [0.4, 0.5) is 0 Å². The molecule has 0 spiro atoms. The highest BCUT2D eigenvalue weighted by molar-refractivity contribution is 7.26. The van der Waals surface area contributed by atoms with Crippen LogP contribution in [-0.4, -0.2) is 0 Å². The van der Waals surface area contributed by atoms with E-state index in [9.17, 15) is 0 Å². The molecule has 10 rings (SSSR count). The van der Waals surface area contributed by atoms with Crippen molar-refractivity contribution in [2.75, 3.05) is 0 Å². The Kier molecular flexibility index (Phi) is 5.85. The minimum absolute atomic E-state index is 1.24. The number of hydrogen-bond acceptors (Lipinski definition) is 1. The van der Waals surface area contributed by atoms with Crippen LogP contribution in [0.1, 0.15) is 0 Å². The van der Waals surface area contributed by atoms with Crippen LogP contribution < -0.4 is 0 Å². The van der Waals surface area contributed by atoms with Crippen molar-refractivity contribution in [1.82, 2.24) is 0 Å². The second-order valence-corrected chi connectivity index (χ2v) is 13.5. The van der Waals surface area contributed by atoms with E-state index >= 15 is 0 Å². The molecule has 1 heteroatoms. The zero-order valence-corrected chi connectivity index (χ0v) is 26.4. The lowest BCUT2D eigenvalue weighted by Gasteiger charge is -2.19. The summed E-state index contributed by atoms with van der Waals surface area (Å²) in [7, 11) is 0. The van der Waals surface area contributed by atoms with E-state index in [0.717, 1.165) is 0 Å². The molecule has 0 aliphatic rings. The fraction of sp³-hybridized carbons (Fsp3) is 0. The molecule has 0 aliphatic heterocycles. The minimum atomic E-state index is 1.24. The fourth-order valence-electron chi connectivity index (χ4n) is 7.69. The number of fused-ring (bicyclic) bond motifs is 7. The molecule has 0 atom stereocenters. The molecular formula is C46H28S. The van der Waals surface area contributed by atoms with E-state index in [1.165, 1.54) is 96.6 Å². The predicted octanol–water partition coefficient (Wildman–Crippen LogP) is 13.7. The smallest absolute Gasteiger partial charge is 0.0440 e. The summed E-state index contributed by atoms with van der Waals surface area (Å²) in [5.74, 6) is 0. The van der Waals surface area contributed by atoms with Gasteiger partial charge in [-0.05, 0) is 95.2 Å². The average Bonchev–Trinajstić information content (AvgIpc) is 3.51. The topological polar surface area (TPSA) is 0 Å². The summed E-state index contributed by atoms with van der Waals surface area (Å²) in [4.78, 5) is 0. The zero-order chi connectivity index (χ0) is 30.9. The van der Waals surface area contributed by atoms with Crippen LogP contribution in [0.5, 0.6) is 0 Å². The number of hydrogen-bond donors (Lipinski definition) is 0. The van der Waals surface area contributed by atoms with Gasteiger partial charge in [0, 0.05) is 25.7 Å². The minimum Gasteiger partial charge on any atom is -0.135 e. The molecule has 1 aromatic heterocycles. The normalized spacial score (nSPS) is 11.8. The van der Waals surface area contributed by atoms with Crippen LogP contribution in [-0.2, 0) is 0 Å². The summed E-state index contributed by atoms with van der Waals surface area (Å²) in [6, 6.07) is 62.7. The second kappa shape index (κ2) is 10.4. The SMILES string of the molecule is c1ccc(-c2ccc3cc(-c4c5ccccc5c(-c5c6ccccc6cc6c5sc5ccccc56)c5ccccc45)ccc3c2)cc1. The first kappa shape index (κ1) is 26.5. The maximum absolute atomic E-state index is 2.39. The van der Waals surface area contributed by atoms with Gasteiger partial charge in [0.25, 0.3) is 0 Å². The van der Waals surface area contributed by atoms with Gasteiger partial charge in [0.1, 0.15) is 0 Å². The van der Waals surface area contributed by atoms with Gasteiger partial charge in [-0.2, -0.15) is 0 Å². The summed E-state index contributed by atoms with van der Waals surface area (Å²) in [5.41, 5.74) is 7.68. The molecule has 9 aromatic carbocycles. The number of rotatable bonds is 3. The van der Waals surface area contributed by atoms with Crippen molar-refractivity contribution in [2.24, 2.45) is 0 Å². The first-order valence-corrected chi connectivity index (χ1v) is 17.0. The van der Waals surface area contributed by atoms with Crippen LogP contribution in [0, 0.1) is 0 Å². The Morgan fingerprint density at radius 3 is 1.51 bits per heavy atom. The molecule has 0 fully saturated rings. The van der Waals surface area contributed by atoms with Gasteiger partial charge in [-0.3, -0.25) is 0 Å². The first-order chi connectivity index (χ1) is 23.3. The van der Waals surface area contributed by atoms with Gasteiger partial charge in [0.2, 0.25) is 0 Å². The van der Waals surface area contributed by atoms with Crippen LogP contribution in [0.2, 0.25) is 0 Å². The Morgan fingerprint density at radius 1 is 0.277 bits per heavy atom. The molecule has 0 radical (unpaired) electrons. The predicted molar refractivity (Wildman–Crippen MR) is 206 cm³/mol. The summed E-state index contributed by atoms with van der Waals surface area (Å²) in [5, 5.41) is 12.9.